The zero-order chi connectivity index (χ0) is 9.52. The largest absolute Gasteiger partial charge is 0.137 e. The number of hydrogen-bond donors (Lipinski definition) is 0. The van der Waals surface area contributed by atoms with Crippen LogP contribution in [-0.4, -0.2) is 6.16 Å². The highest BCUT2D eigenvalue weighted by atomic mass is 31.0. The first-order valence-corrected chi connectivity index (χ1v) is 6.90. The summed E-state index contributed by atoms with van der Waals surface area (Å²) in [6.45, 7) is 2.29. The lowest BCUT2D eigenvalue weighted by atomic mass is 10.1. The van der Waals surface area contributed by atoms with E-state index in [-0.39, 0.29) is 0 Å². The van der Waals surface area contributed by atoms with Gasteiger partial charge in [0, 0.05) is 0 Å². The van der Waals surface area contributed by atoms with Crippen molar-refractivity contribution in [2.24, 2.45) is 11.8 Å². The molecule has 0 heterocycles. The van der Waals surface area contributed by atoms with E-state index < -0.39 is 0 Å². The molecule has 1 saturated carbocycles. The molecule has 0 aromatic heterocycles. The molecule has 0 aliphatic heterocycles. The monoisotopic (exact) mass is 200 g/mol. The van der Waals surface area contributed by atoms with Crippen LogP contribution in [0.2, 0.25) is 0 Å². The Hall–Kier alpha value is 0.430. The molecular formula is C12H25P. The van der Waals surface area contributed by atoms with Gasteiger partial charge in [-0.25, -0.2) is 0 Å². The highest BCUT2D eigenvalue weighted by Gasteiger charge is 2.33. The van der Waals surface area contributed by atoms with Crippen molar-refractivity contribution in [3.63, 3.8) is 0 Å². The molecule has 1 rings (SSSR count). The van der Waals surface area contributed by atoms with Gasteiger partial charge in [-0.2, -0.15) is 0 Å². The van der Waals surface area contributed by atoms with E-state index in [1.54, 1.807) is 0 Å². The molecule has 0 amide bonds. The van der Waals surface area contributed by atoms with Crippen LogP contribution in [0.25, 0.3) is 0 Å². The quantitative estimate of drug-likeness (QED) is 0.406. The smallest absolute Gasteiger partial charge is 0.0348 e. The predicted molar refractivity (Wildman–Crippen MR) is 64.2 cm³/mol. The van der Waals surface area contributed by atoms with Crippen LogP contribution in [0.3, 0.4) is 0 Å². The Morgan fingerprint density at radius 2 is 1.69 bits per heavy atom. The van der Waals surface area contributed by atoms with Gasteiger partial charge >= 0.3 is 0 Å². The van der Waals surface area contributed by atoms with Crippen LogP contribution in [0.1, 0.15) is 58.3 Å². The lowest BCUT2D eigenvalue weighted by molar-refractivity contribution is 0.556. The Morgan fingerprint density at radius 3 is 2.31 bits per heavy atom. The van der Waals surface area contributed by atoms with Crippen LogP contribution >= 0.6 is 9.24 Å². The summed E-state index contributed by atoms with van der Waals surface area (Å²) in [6.07, 6.45) is 13.1. The molecule has 1 fully saturated rings. The van der Waals surface area contributed by atoms with Crippen LogP contribution in [0, 0.1) is 11.8 Å². The maximum Gasteiger partial charge on any atom is -0.0348 e. The molecule has 3 atom stereocenters. The Kier molecular flexibility index (Phi) is 6.04. The third kappa shape index (κ3) is 5.01. The van der Waals surface area contributed by atoms with Gasteiger partial charge in [-0.3, -0.25) is 0 Å². The fourth-order valence-electron chi connectivity index (χ4n) is 2.14. The van der Waals surface area contributed by atoms with Crippen molar-refractivity contribution in [3.8, 4) is 0 Å². The topological polar surface area (TPSA) is 0 Å². The lowest BCUT2D eigenvalue weighted by Gasteiger charge is -2.00. The maximum absolute atomic E-state index is 2.88. The Labute approximate surface area is 86.1 Å². The van der Waals surface area contributed by atoms with Gasteiger partial charge in [-0.15, -0.1) is 9.24 Å². The van der Waals surface area contributed by atoms with E-state index in [1.807, 2.05) is 0 Å². The van der Waals surface area contributed by atoms with Gasteiger partial charge in [0.15, 0.2) is 0 Å². The molecule has 13 heavy (non-hydrogen) atoms. The summed E-state index contributed by atoms with van der Waals surface area (Å²) in [4.78, 5) is 0. The van der Waals surface area contributed by atoms with E-state index in [0.29, 0.717) is 0 Å². The minimum absolute atomic E-state index is 1.08. The average molecular weight is 200 g/mol. The first-order valence-electron chi connectivity index (χ1n) is 6.08. The fourth-order valence-corrected chi connectivity index (χ4v) is 2.72. The van der Waals surface area contributed by atoms with Gasteiger partial charge < -0.3 is 0 Å². The normalized spacial score (nSPS) is 26.3. The Bertz CT molecular complexity index is 122. The predicted octanol–water partition coefficient (Wildman–Crippen LogP) is 4.25. The summed E-state index contributed by atoms with van der Waals surface area (Å²) in [5.74, 6) is 2.20. The van der Waals surface area contributed by atoms with Gasteiger partial charge in [0.05, 0.1) is 0 Å². The molecule has 3 unspecified atom stereocenters. The standard InChI is InChI=1S/C12H25P/c1-2-3-4-5-6-7-8-11-9-12(11)10-13/h11-12H,2-10,13H2,1H3. The van der Waals surface area contributed by atoms with Crippen LogP contribution in [0.15, 0.2) is 0 Å². The van der Waals surface area contributed by atoms with Crippen molar-refractivity contribution in [1.29, 1.82) is 0 Å². The minimum Gasteiger partial charge on any atom is -0.137 e. The average Bonchev–Trinajstić information content (AvgIpc) is 2.90. The second-order valence-corrected chi connectivity index (χ2v) is 5.02. The van der Waals surface area contributed by atoms with Crippen molar-refractivity contribution in [3.05, 3.63) is 0 Å². The second-order valence-electron chi connectivity index (χ2n) is 4.55. The minimum atomic E-state index is 1.08. The second kappa shape index (κ2) is 6.82. The van der Waals surface area contributed by atoms with Gasteiger partial charge in [0.2, 0.25) is 0 Å². The van der Waals surface area contributed by atoms with E-state index in [4.69, 9.17) is 0 Å². The highest BCUT2D eigenvalue weighted by molar-refractivity contribution is 7.16. The van der Waals surface area contributed by atoms with Crippen LogP contribution in [0.4, 0.5) is 0 Å². The van der Waals surface area contributed by atoms with Gasteiger partial charge in [-0.1, -0.05) is 51.9 Å². The lowest BCUT2D eigenvalue weighted by Crippen LogP contribution is -1.85. The number of hydrogen-bond acceptors (Lipinski definition) is 0. The molecule has 0 N–H and O–H groups in total. The van der Waals surface area contributed by atoms with Gasteiger partial charge in [0.25, 0.3) is 0 Å². The number of rotatable bonds is 8. The van der Waals surface area contributed by atoms with Crippen molar-refractivity contribution >= 4 is 9.24 Å². The zero-order valence-corrected chi connectivity index (χ0v) is 10.3. The Morgan fingerprint density at radius 1 is 1.00 bits per heavy atom. The zero-order valence-electron chi connectivity index (χ0n) is 9.10. The molecule has 0 aromatic rings. The van der Waals surface area contributed by atoms with Crippen molar-refractivity contribution in [2.75, 3.05) is 6.16 Å². The summed E-state index contributed by atoms with van der Waals surface area (Å²) in [7, 11) is 2.88. The molecule has 1 heteroatoms. The maximum atomic E-state index is 2.88. The third-order valence-corrected chi connectivity index (χ3v) is 3.91. The molecule has 0 spiro atoms. The summed E-state index contributed by atoms with van der Waals surface area (Å²) in [5, 5.41) is 0. The summed E-state index contributed by atoms with van der Waals surface area (Å²) >= 11 is 0. The molecular weight excluding hydrogens is 175 g/mol. The molecule has 0 aromatic carbocycles. The molecule has 78 valence electrons. The fraction of sp³-hybridized carbons (Fsp3) is 1.00. The van der Waals surface area contributed by atoms with Crippen molar-refractivity contribution in [2.45, 2.75) is 58.3 Å². The van der Waals surface area contributed by atoms with Crippen molar-refractivity contribution < 1.29 is 0 Å². The van der Waals surface area contributed by atoms with Crippen molar-refractivity contribution in [1.82, 2.24) is 0 Å². The Balaban J connectivity index is 1.75. The van der Waals surface area contributed by atoms with E-state index >= 15 is 0 Å². The molecule has 0 saturated heterocycles. The van der Waals surface area contributed by atoms with E-state index in [2.05, 4.69) is 16.2 Å². The summed E-state index contributed by atoms with van der Waals surface area (Å²) in [6, 6.07) is 0. The van der Waals surface area contributed by atoms with E-state index in [0.717, 1.165) is 11.8 Å². The van der Waals surface area contributed by atoms with Crippen LogP contribution in [0.5, 0.6) is 0 Å². The molecule has 1 aliphatic carbocycles. The van der Waals surface area contributed by atoms with Gasteiger partial charge in [0.1, 0.15) is 0 Å². The van der Waals surface area contributed by atoms with Gasteiger partial charge in [-0.05, 0) is 24.4 Å². The first kappa shape index (κ1) is 11.5. The van der Waals surface area contributed by atoms with E-state index in [9.17, 15) is 0 Å². The summed E-state index contributed by atoms with van der Waals surface area (Å²) in [5.41, 5.74) is 0. The summed E-state index contributed by atoms with van der Waals surface area (Å²) < 4.78 is 0. The van der Waals surface area contributed by atoms with Crippen LogP contribution < -0.4 is 0 Å². The SMILES string of the molecule is CCCCCCCCC1CC1CP. The first-order chi connectivity index (χ1) is 6.38. The van der Waals surface area contributed by atoms with Crippen LogP contribution in [-0.2, 0) is 0 Å². The highest BCUT2D eigenvalue weighted by Crippen LogP contribution is 2.43. The molecule has 1 aliphatic rings. The number of unbranched alkanes of at least 4 members (excludes halogenated alkanes) is 5. The molecule has 0 nitrogen and oxygen atoms in total. The van der Waals surface area contributed by atoms with E-state index in [1.165, 1.54) is 57.5 Å². The third-order valence-electron chi connectivity index (χ3n) is 3.30. The molecule has 0 bridgehead atoms. The molecule has 0 radical (unpaired) electrons.